The molecule has 1 heterocycles. The molecule has 110 valence electrons. The lowest BCUT2D eigenvalue weighted by Gasteiger charge is -2.29. The number of esters is 1. The molecule has 0 spiro atoms. The van der Waals surface area contributed by atoms with E-state index in [9.17, 15) is 18.0 Å². The highest BCUT2D eigenvalue weighted by atomic mass is 19.4. The summed E-state index contributed by atoms with van der Waals surface area (Å²) >= 11 is 0. The summed E-state index contributed by atoms with van der Waals surface area (Å²) in [5.41, 5.74) is 0.0909. The molecular formula is C14H16F3NO2. The fourth-order valence-electron chi connectivity index (χ4n) is 2.46. The first-order chi connectivity index (χ1) is 9.41. The quantitative estimate of drug-likeness (QED) is 0.850. The molecule has 0 unspecified atom stereocenters. The first-order valence-corrected chi connectivity index (χ1v) is 6.40. The Hall–Kier alpha value is -1.56. The third-order valence-electron chi connectivity index (χ3n) is 3.58. The van der Waals surface area contributed by atoms with Crippen LogP contribution in [0.15, 0.2) is 24.3 Å². The molecule has 20 heavy (non-hydrogen) atoms. The van der Waals surface area contributed by atoms with Crippen LogP contribution in [0.4, 0.5) is 13.2 Å². The molecule has 6 heteroatoms. The smallest absolute Gasteiger partial charge is 0.416 e. The predicted octanol–water partition coefficient (Wildman–Crippen LogP) is 2.92. The number of nitrogens with one attached hydrogen (secondary N) is 1. The molecule has 1 N–H and O–H groups in total. The van der Waals surface area contributed by atoms with Gasteiger partial charge in [0.15, 0.2) is 0 Å². The van der Waals surface area contributed by atoms with Gasteiger partial charge in [0, 0.05) is 6.04 Å². The molecule has 3 nitrogen and oxygen atoms in total. The Balaban J connectivity index is 2.09. The van der Waals surface area contributed by atoms with Crippen LogP contribution in [-0.4, -0.2) is 19.6 Å². The summed E-state index contributed by atoms with van der Waals surface area (Å²) < 4.78 is 42.2. The van der Waals surface area contributed by atoms with Gasteiger partial charge in [0.2, 0.25) is 0 Å². The first-order valence-electron chi connectivity index (χ1n) is 6.40. The number of piperidine rings is 1. The lowest BCUT2D eigenvalue weighted by molar-refractivity contribution is -0.146. The molecule has 0 radical (unpaired) electrons. The monoisotopic (exact) mass is 287 g/mol. The molecule has 0 aromatic heterocycles. The van der Waals surface area contributed by atoms with Gasteiger partial charge in [-0.2, -0.15) is 13.2 Å². The fraction of sp³-hybridized carbons (Fsp3) is 0.500. The number of carbonyl (C=O) groups is 1. The molecule has 1 saturated heterocycles. The van der Waals surface area contributed by atoms with Crippen LogP contribution in [-0.2, 0) is 15.7 Å². The minimum atomic E-state index is -4.33. The number of hydrogen-bond donors (Lipinski definition) is 1. The van der Waals surface area contributed by atoms with E-state index in [0.29, 0.717) is 19.4 Å². The van der Waals surface area contributed by atoms with E-state index in [4.69, 9.17) is 4.74 Å². The normalized spacial score (nSPS) is 23.4. The average molecular weight is 287 g/mol. The Bertz CT molecular complexity index is 470. The van der Waals surface area contributed by atoms with Crippen molar-refractivity contribution < 1.29 is 22.7 Å². The zero-order valence-electron chi connectivity index (χ0n) is 11.0. The number of alkyl halides is 3. The van der Waals surface area contributed by atoms with Crippen molar-refractivity contribution in [2.45, 2.75) is 25.1 Å². The van der Waals surface area contributed by atoms with E-state index in [-0.39, 0.29) is 17.9 Å². The highest BCUT2D eigenvalue weighted by Crippen LogP contribution is 2.32. The molecule has 0 saturated carbocycles. The van der Waals surface area contributed by atoms with Crippen LogP contribution in [0.3, 0.4) is 0 Å². The number of hydrogen-bond acceptors (Lipinski definition) is 3. The van der Waals surface area contributed by atoms with Crippen molar-refractivity contribution in [1.82, 2.24) is 5.32 Å². The van der Waals surface area contributed by atoms with Gasteiger partial charge in [0.05, 0.1) is 18.6 Å². The van der Waals surface area contributed by atoms with E-state index in [1.165, 1.54) is 19.2 Å². The van der Waals surface area contributed by atoms with E-state index < -0.39 is 11.7 Å². The van der Waals surface area contributed by atoms with Gasteiger partial charge < -0.3 is 10.1 Å². The van der Waals surface area contributed by atoms with Crippen molar-refractivity contribution in [2.24, 2.45) is 5.92 Å². The predicted molar refractivity (Wildman–Crippen MR) is 66.9 cm³/mol. The Morgan fingerprint density at radius 3 is 2.50 bits per heavy atom. The Labute approximate surface area is 115 Å². The third kappa shape index (κ3) is 3.30. The molecule has 1 aliphatic heterocycles. The van der Waals surface area contributed by atoms with Crippen LogP contribution in [0.5, 0.6) is 0 Å². The molecule has 2 atom stereocenters. The third-order valence-corrected chi connectivity index (χ3v) is 3.58. The van der Waals surface area contributed by atoms with Crippen molar-refractivity contribution in [1.29, 1.82) is 0 Å². The number of halogens is 3. The maximum Gasteiger partial charge on any atom is 0.416 e. The SMILES string of the molecule is COC(=O)[C@H]1CCN[C@@H](c2ccc(C(F)(F)F)cc2)C1. The Morgan fingerprint density at radius 1 is 1.30 bits per heavy atom. The van der Waals surface area contributed by atoms with Crippen molar-refractivity contribution in [2.75, 3.05) is 13.7 Å². The van der Waals surface area contributed by atoms with Crippen LogP contribution in [0.2, 0.25) is 0 Å². The van der Waals surface area contributed by atoms with Crippen LogP contribution >= 0.6 is 0 Å². The number of rotatable bonds is 2. The lowest BCUT2D eigenvalue weighted by atomic mass is 9.88. The van der Waals surface area contributed by atoms with Crippen LogP contribution in [0.1, 0.15) is 30.0 Å². The number of carbonyl (C=O) groups excluding carboxylic acids is 1. The summed E-state index contributed by atoms with van der Waals surface area (Å²) in [5.74, 6) is -0.461. The fourth-order valence-corrected chi connectivity index (χ4v) is 2.46. The highest BCUT2D eigenvalue weighted by molar-refractivity contribution is 5.72. The molecule has 2 rings (SSSR count). The summed E-state index contributed by atoms with van der Waals surface area (Å²) in [6, 6.07) is 4.94. The summed E-state index contributed by atoms with van der Waals surface area (Å²) in [7, 11) is 1.34. The topological polar surface area (TPSA) is 38.3 Å². The van der Waals surface area contributed by atoms with E-state index in [1.807, 2.05) is 0 Å². The van der Waals surface area contributed by atoms with Crippen LogP contribution in [0.25, 0.3) is 0 Å². The van der Waals surface area contributed by atoms with Crippen molar-refractivity contribution >= 4 is 5.97 Å². The Kier molecular flexibility index (Phi) is 4.32. The van der Waals surface area contributed by atoms with Gasteiger partial charge in [0.25, 0.3) is 0 Å². The van der Waals surface area contributed by atoms with Gasteiger partial charge in [-0.05, 0) is 37.1 Å². The zero-order chi connectivity index (χ0) is 14.8. The summed E-state index contributed by atoms with van der Waals surface area (Å²) in [6.45, 7) is 0.644. The minimum Gasteiger partial charge on any atom is -0.469 e. The molecule has 1 aromatic carbocycles. The average Bonchev–Trinajstić information content (AvgIpc) is 2.46. The lowest BCUT2D eigenvalue weighted by Crippen LogP contribution is -2.35. The van der Waals surface area contributed by atoms with Gasteiger partial charge >= 0.3 is 12.1 Å². The summed E-state index contributed by atoms with van der Waals surface area (Å²) in [6.07, 6.45) is -3.10. The zero-order valence-corrected chi connectivity index (χ0v) is 11.0. The van der Waals surface area contributed by atoms with Crippen molar-refractivity contribution in [3.63, 3.8) is 0 Å². The van der Waals surface area contributed by atoms with Crippen molar-refractivity contribution in [3.8, 4) is 0 Å². The summed E-state index contributed by atoms with van der Waals surface area (Å²) in [5, 5.41) is 3.21. The number of benzene rings is 1. The molecular weight excluding hydrogens is 271 g/mol. The minimum absolute atomic E-state index is 0.116. The second-order valence-electron chi connectivity index (χ2n) is 4.87. The van der Waals surface area contributed by atoms with Crippen molar-refractivity contribution in [3.05, 3.63) is 35.4 Å². The second-order valence-corrected chi connectivity index (χ2v) is 4.87. The largest absolute Gasteiger partial charge is 0.469 e. The molecule has 1 aromatic rings. The molecule has 0 amide bonds. The maximum atomic E-state index is 12.5. The molecule has 0 bridgehead atoms. The van der Waals surface area contributed by atoms with E-state index in [1.54, 1.807) is 0 Å². The number of ether oxygens (including phenoxy) is 1. The summed E-state index contributed by atoms with van der Waals surface area (Å²) in [4.78, 5) is 11.5. The van der Waals surface area contributed by atoms with Gasteiger partial charge in [-0.25, -0.2) is 0 Å². The number of methoxy groups -OCH3 is 1. The first kappa shape index (κ1) is 14.8. The molecule has 1 fully saturated rings. The van der Waals surface area contributed by atoms with Crippen LogP contribution in [0, 0.1) is 5.92 Å². The standard InChI is InChI=1S/C14H16F3NO2/c1-20-13(19)10-6-7-18-12(8-10)9-2-4-11(5-3-9)14(15,16)17/h2-5,10,12,18H,6-8H2,1H3/t10-,12+/m0/s1. The van der Waals surface area contributed by atoms with Gasteiger partial charge in [-0.3, -0.25) is 4.79 Å². The van der Waals surface area contributed by atoms with E-state index in [2.05, 4.69) is 5.32 Å². The molecule has 0 aliphatic carbocycles. The maximum absolute atomic E-state index is 12.5. The second kappa shape index (κ2) is 5.83. The van der Waals surface area contributed by atoms with E-state index in [0.717, 1.165) is 17.7 Å². The molecule has 1 aliphatic rings. The van der Waals surface area contributed by atoms with Crippen LogP contribution < -0.4 is 5.32 Å². The highest BCUT2D eigenvalue weighted by Gasteiger charge is 2.31. The van der Waals surface area contributed by atoms with E-state index >= 15 is 0 Å². The van der Waals surface area contributed by atoms with Gasteiger partial charge in [-0.1, -0.05) is 12.1 Å². The van der Waals surface area contributed by atoms with Gasteiger partial charge in [-0.15, -0.1) is 0 Å². The van der Waals surface area contributed by atoms with Gasteiger partial charge in [0.1, 0.15) is 0 Å². The Morgan fingerprint density at radius 2 is 1.95 bits per heavy atom.